The molecule has 0 radical (unpaired) electrons. The fourth-order valence-corrected chi connectivity index (χ4v) is 3.25. The second-order valence-electron chi connectivity index (χ2n) is 6.17. The van der Waals surface area contributed by atoms with Crippen LogP contribution in [0.3, 0.4) is 0 Å². The van der Waals surface area contributed by atoms with Crippen LogP contribution in [0.1, 0.15) is 19.3 Å². The van der Waals surface area contributed by atoms with Gasteiger partial charge in [-0.05, 0) is 49.7 Å². The highest BCUT2D eigenvalue weighted by Crippen LogP contribution is 2.29. The van der Waals surface area contributed by atoms with Crippen LogP contribution in [0, 0.1) is 5.82 Å². The van der Waals surface area contributed by atoms with Gasteiger partial charge in [-0.3, -0.25) is 4.90 Å². The molecular weight excluding hydrogens is 345 g/mol. The van der Waals surface area contributed by atoms with E-state index in [9.17, 15) is 9.18 Å². The Labute approximate surface area is 151 Å². The first kappa shape index (κ1) is 17.7. The molecule has 2 fully saturated rings. The van der Waals surface area contributed by atoms with E-state index < -0.39 is 6.09 Å². The quantitative estimate of drug-likeness (QED) is 0.826. The van der Waals surface area contributed by atoms with Crippen molar-refractivity contribution < 1.29 is 18.7 Å². The molecule has 1 atom stereocenters. The number of amides is 1. The summed E-state index contributed by atoms with van der Waals surface area (Å²) >= 11 is 4.89. The Bertz CT molecular complexity index is 652. The molecule has 25 heavy (non-hydrogen) atoms. The van der Waals surface area contributed by atoms with E-state index in [0.29, 0.717) is 24.5 Å². The van der Waals surface area contributed by atoms with E-state index in [4.69, 9.17) is 21.7 Å². The van der Waals surface area contributed by atoms with E-state index in [1.807, 2.05) is 0 Å². The third-order valence-electron chi connectivity index (χ3n) is 4.47. The van der Waals surface area contributed by atoms with Crippen molar-refractivity contribution in [2.75, 3.05) is 43.1 Å². The molecule has 0 bridgehead atoms. The predicted molar refractivity (Wildman–Crippen MR) is 97.7 cm³/mol. The molecule has 1 aromatic carbocycles. The first-order chi connectivity index (χ1) is 12.1. The van der Waals surface area contributed by atoms with Gasteiger partial charge in [0, 0.05) is 13.1 Å². The molecule has 0 saturated carbocycles. The number of carbonyl (C=O) groups excluding carboxylic acids is 1. The number of ether oxygens (including phenoxy) is 2. The molecule has 0 aromatic heterocycles. The van der Waals surface area contributed by atoms with E-state index in [0.717, 1.165) is 25.9 Å². The van der Waals surface area contributed by atoms with Gasteiger partial charge in [0.15, 0.2) is 0 Å². The first-order valence-corrected chi connectivity index (χ1v) is 8.84. The number of carbonyl (C=O) groups is 1. The van der Waals surface area contributed by atoms with Crippen molar-refractivity contribution in [2.45, 2.75) is 25.4 Å². The van der Waals surface area contributed by atoms with Gasteiger partial charge in [0.05, 0.1) is 31.6 Å². The second kappa shape index (κ2) is 7.86. The van der Waals surface area contributed by atoms with E-state index in [1.54, 1.807) is 12.1 Å². The number of halogens is 1. The van der Waals surface area contributed by atoms with Crippen molar-refractivity contribution in [3.8, 4) is 0 Å². The Morgan fingerprint density at radius 3 is 2.84 bits per heavy atom. The molecule has 2 saturated heterocycles. The highest BCUT2D eigenvalue weighted by Gasteiger charge is 2.33. The zero-order valence-corrected chi connectivity index (χ0v) is 15.0. The van der Waals surface area contributed by atoms with Crippen molar-refractivity contribution in [2.24, 2.45) is 0 Å². The van der Waals surface area contributed by atoms with Crippen molar-refractivity contribution in [3.05, 3.63) is 24.0 Å². The lowest BCUT2D eigenvalue weighted by atomic mass is 10.1. The molecule has 2 aliphatic heterocycles. The van der Waals surface area contributed by atoms with Crippen LogP contribution >= 0.6 is 12.2 Å². The van der Waals surface area contributed by atoms with Crippen LogP contribution in [0.25, 0.3) is 0 Å². The third kappa shape index (κ3) is 4.12. The average molecular weight is 367 g/mol. The monoisotopic (exact) mass is 367 g/mol. The first-order valence-electron chi connectivity index (χ1n) is 8.43. The van der Waals surface area contributed by atoms with Gasteiger partial charge in [-0.15, -0.1) is 0 Å². The summed E-state index contributed by atoms with van der Waals surface area (Å²) in [5, 5.41) is 3.10. The van der Waals surface area contributed by atoms with Crippen LogP contribution in [0.15, 0.2) is 18.2 Å². The Morgan fingerprint density at radius 2 is 2.16 bits per heavy atom. The SMILES string of the molecule is COC(=S)NC[C@H]1CN(c2ccc(N3CCCCC3)c(F)c2)C(=O)O1. The molecule has 1 N–H and O–H groups in total. The van der Waals surface area contributed by atoms with E-state index in [-0.39, 0.29) is 17.1 Å². The summed E-state index contributed by atoms with van der Waals surface area (Å²) < 4.78 is 24.7. The number of rotatable bonds is 4. The number of hydrogen-bond acceptors (Lipinski definition) is 5. The zero-order valence-electron chi connectivity index (χ0n) is 14.2. The van der Waals surface area contributed by atoms with E-state index >= 15 is 0 Å². The van der Waals surface area contributed by atoms with Crippen LogP contribution in [-0.2, 0) is 9.47 Å². The van der Waals surface area contributed by atoms with E-state index in [2.05, 4.69) is 10.2 Å². The Hall–Kier alpha value is -2.09. The Kier molecular flexibility index (Phi) is 5.57. The second-order valence-corrected chi connectivity index (χ2v) is 6.54. The summed E-state index contributed by atoms with van der Waals surface area (Å²) in [5.74, 6) is -0.311. The minimum atomic E-state index is -0.486. The van der Waals surface area contributed by atoms with Crippen molar-refractivity contribution in [1.29, 1.82) is 0 Å². The highest BCUT2D eigenvalue weighted by atomic mass is 32.1. The van der Waals surface area contributed by atoms with Gasteiger partial charge in [0.25, 0.3) is 5.17 Å². The lowest BCUT2D eigenvalue weighted by molar-refractivity contribution is 0.142. The minimum Gasteiger partial charge on any atom is -0.474 e. The lowest BCUT2D eigenvalue weighted by Crippen LogP contribution is -2.34. The van der Waals surface area contributed by atoms with Crippen LogP contribution in [0.2, 0.25) is 0 Å². The molecule has 8 heteroatoms. The summed E-state index contributed by atoms with van der Waals surface area (Å²) in [5.41, 5.74) is 1.10. The topological polar surface area (TPSA) is 54.0 Å². The fraction of sp³-hybridized carbons (Fsp3) is 0.529. The molecule has 6 nitrogen and oxygen atoms in total. The minimum absolute atomic E-state index is 0.242. The number of anilines is 2. The van der Waals surface area contributed by atoms with Gasteiger partial charge in [-0.2, -0.15) is 0 Å². The number of thiocarbonyl (C=S) groups is 1. The molecule has 0 aliphatic carbocycles. The van der Waals surface area contributed by atoms with Gasteiger partial charge < -0.3 is 19.7 Å². The molecule has 2 heterocycles. The average Bonchev–Trinajstić information content (AvgIpc) is 3.01. The summed E-state index contributed by atoms with van der Waals surface area (Å²) in [6, 6.07) is 4.92. The Balaban J connectivity index is 1.66. The maximum atomic E-state index is 14.5. The van der Waals surface area contributed by atoms with Crippen LogP contribution in [0.5, 0.6) is 0 Å². The number of nitrogens with one attached hydrogen (secondary N) is 1. The molecule has 0 spiro atoms. The molecule has 2 aliphatic rings. The summed E-state index contributed by atoms with van der Waals surface area (Å²) in [6.07, 6.45) is 2.50. The van der Waals surface area contributed by atoms with Gasteiger partial charge in [0.1, 0.15) is 11.9 Å². The highest BCUT2D eigenvalue weighted by molar-refractivity contribution is 7.80. The van der Waals surface area contributed by atoms with Crippen LogP contribution in [-0.4, -0.2) is 50.7 Å². The normalized spacial score (nSPS) is 20.4. The number of benzene rings is 1. The number of nitrogens with zero attached hydrogens (tertiary/aromatic N) is 2. The summed E-state index contributed by atoms with van der Waals surface area (Å²) in [6.45, 7) is 2.42. The summed E-state index contributed by atoms with van der Waals surface area (Å²) in [7, 11) is 1.47. The van der Waals surface area contributed by atoms with Gasteiger partial charge in [-0.1, -0.05) is 0 Å². The molecule has 1 amide bonds. The number of piperidine rings is 1. The van der Waals surface area contributed by atoms with Gasteiger partial charge >= 0.3 is 6.09 Å². The van der Waals surface area contributed by atoms with Crippen LogP contribution < -0.4 is 15.1 Å². The van der Waals surface area contributed by atoms with Gasteiger partial charge in [0.2, 0.25) is 0 Å². The fourth-order valence-electron chi connectivity index (χ4n) is 3.16. The number of hydrogen-bond donors (Lipinski definition) is 1. The lowest BCUT2D eigenvalue weighted by Gasteiger charge is -2.29. The molecule has 1 aromatic rings. The van der Waals surface area contributed by atoms with Crippen molar-refractivity contribution in [3.63, 3.8) is 0 Å². The molecule has 0 unspecified atom stereocenters. The maximum Gasteiger partial charge on any atom is 0.414 e. The van der Waals surface area contributed by atoms with Crippen molar-refractivity contribution >= 4 is 34.9 Å². The van der Waals surface area contributed by atoms with Gasteiger partial charge in [-0.25, -0.2) is 9.18 Å². The molecule has 136 valence electrons. The Morgan fingerprint density at radius 1 is 1.40 bits per heavy atom. The predicted octanol–water partition coefficient (Wildman–Crippen LogP) is 2.66. The largest absolute Gasteiger partial charge is 0.474 e. The smallest absolute Gasteiger partial charge is 0.414 e. The standard InChI is InChI=1S/C17H22FN3O3S/c1-23-16(25)19-10-13-11-21(17(22)24-13)12-5-6-15(14(18)9-12)20-7-3-2-4-8-20/h5-6,9,13H,2-4,7-8,10-11H2,1H3,(H,19,25)/t13-/m0/s1. The van der Waals surface area contributed by atoms with E-state index in [1.165, 1.54) is 24.5 Å². The zero-order chi connectivity index (χ0) is 17.8. The number of cyclic esters (lactones) is 1. The molecule has 3 rings (SSSR count). The number of methoxy groups -OCH3 is 1. The van der Waals surface area contributed by atoms with Crippen LogP contribution in [0.4, 0.5) is 20.6 Å². The maximum absolute atomic E-state index is 14.5. The molecular formula is C17H22FN3O3S. The van der Waals surface area contributed by atoms with Crippen molar-refractivity contribution in [1.82, 2.24) is 5.32 Å². The summed E-state index contributed by atoms with van der Waals surface area (Å²) in [4.78, 5) is 15.6. The third-order valence-corrected chi connectivity index (χ3v) is 4.78.